The molecule has 1 amide bonds. The molecule has 4 nitrogen and oxygen atoms in total. The minimum atomic E-state index is -0.0224. The van der Waals surface area contributed by atoms with E-state index in [0.717, 1.165) is 56.2 Å². The summed E-state index contributed by atoms with van der Waals surface area (Å²) in [6.45, 7) is 2.18. The van der Waals surface area contributed by atoms with Crippen LogP contribution in [0.15, 0.2) is 28.7 Å². The van der Waals surface area contributed by atoms with Crippen LogP contribution < -0.4 is 11.1 Å². The molecule has 1 aliphatic carbocycles. The van der Waals surface area contributed by atoms with Crippen molar-refractivity contribution in [3.8, 4) is 0 Å². The molecule has 2 aliphatic rings. The van der Waals surface area contributed by atoms with E-state index in [-0.39, 0.29) is 23.3 Å². The summed E-state index contributed by atoms with van der Waals surface area (Å²) >= 11 is 3.50. The Morgan fingerprint density at radius 1 is 1.25 bits per heavy atom. The Hall–Kier alpha value is -0.910. The van der Waals surface area contributed by atoms with Gasteiger partial charge >= 0.3 is 0 Å². The predicted octanol–water partition coefficient (Wildman–Crippen LogP) is 3.13. The lowest BCUT2D eigenvalue weighted by Crippen LogP contribution is -2.47. The average molecular weight is 395 g/mol. The smallest absolute Gasteiger partial charge is 0.223 e. The standard InChI is InChI=1S/C19H27BrN2O2/c20-16-6-4-15(5-7-16)19(8-10-24-11-9-19)13-22-18(23)14-2-1-3-17(21)12-14/h4-7,14,17H,1-3,8-13,21H2,(H,22,23). The maximum Gasteiger partial charge on any atom is 0.223 e. The summed E-state index contributed by atoms with van der Waals surface area (Å²) < 4.78 is 6.65. The number of ether oxygens (including phenoxy) is 1. The summed E-state index contributed by atoms with van der Waals surface area (Å²) in [5.74, 6) is 0.253. The number of amides is 1. The van der Waals surface area contributed by atoms with Gasteiger partial charge in [-0.1, -0.05) is 34.5 Å². The number of carbonyl (C=O) groups excluding carboxylic acids is 1. The minimum absolute atomic E-state index is 0.0224. The highest BCUT2D eigenvalue weighted by molar-refractivity contribution is 9.10. The van der Waals surface area contributed by atoms with Gasteiger partial charge in [0.2, 0.25) is 5.91 Å². The Balaban J connectivity index is 1.68. The zero-order valence-electron chi connectivity index (χ0n) is 14.1. The number of carbonyl (C=O) groups is 1. The minimum Gasteiger partial charge on any atom is -0.381 e. The fourth-order valence-corrected chi connectivity index (χ4v) is 4.26. The summed E-state index contributed by atoms with van der Waals surface area (Å²) in [5, 5.41) is 3.23. The van der Waals surface area contributed by atoms with Crippen LogP contribution in [0, 0.1) is 5.92 Å². The molecule has 0 spiro atoms. The SMILES string of the molecule is NC1CCCC(C(=O)NCC2(c3ccc(Br)cc3)CCOCC2)C1. The zero-order valence-corrected chi connectivity index (χ0v) is 15.7. The van der Waals surface area contributed by atoms with Crippen molar-refractivity contribution in [3.63, 3.8) is 0 Å². The van der Waals surface area contributed by atoms with Crippen molar-refractivity contribution in [3.05, 3.63) is 34.3 Å². The summed E-state index contributed by atoms with van der Waals surface area (Å²) in [6, 6.07) is 8.66. The van der Waals surface area contributed by atoms with Crippen LogP contribution in [-0.2, 0) is 14.9 Å². The molecule has 1 saturated carbocycles. The van der Waals surface area contributed by atoms with Gasteiger partial charge in [0.05, 0.1) is 0 Å². The maximum atomic E-state index is 12.6. The topological polar surface area (TPSA) is 64.4 Å². The number of nitrogens with one attached hydrogen (secondary N) is 1. The number of hydrogen-bond donors (Lipinski definition) is 2. The average Bonchev–Trinajstić information content (AvgIpc) is 2.61. The first-order valence-corrected chi connectivity index (χ1v) is 9.75. The number of rotatable bonds is 4. The monoisotopic (exact) mass is 394 g/mol. The molecule has 2 atom stereocenters. The molecule has 132 valence electrons. The van der Waals surface area contributed by atoms with E-state index >= 15 is 0 Å². The molecule has 1 saturated heterocycles. The van der Waals surface area contributed by atoms with Crippen molar-refractivity contribution in [1.29, 1.82) is 0 Å². The van der Waals surface area contributed by atoms with Crippen LogP contribution in [0.5, 0.6) is 0 Å². The van der Waals surface area contributed by atoms with Crippen molar-refractivity contribution in [2.75, 3.05) is 19.8 Å². The van der Waals surface area contributed by atoms with Crippen LogP contribution in [0.2, 0.25) is 0 Å². The van der Waals surface area contributed by atoms with E-state index in [1.165, 1.54) is 5.56 Å². The van der Waals surface area contributed by atoms with E-state index in [9.17, 15) is 4.79 Å². The van der Waals surface area contributed by atoms with Gasteiger partial charge in [-0.3, -0.25) is 4.79 Å². The van der Waals surface area contributed by atoms with E-state index in [2.05, 4.69) is 45.5 Å². The highest BCUT2D eigenvalue weighted by Crippen LogP contribution is 2.35. The Bertz CT molecular complexity index is 555. The molecule has 2 unspecified atom stereocenters. The lowest BCUT2D eigenvalue weighted by atomic mass is 9.74. The van der Waals surface area contributed by atoms with Crippen molar-refractivity contribution in [2.24, 2.45) is 11.7 Å². The lowest BCUT2D eigenvalue weighted by molar-refractivity contribution is -0.126. The quantitative estimate of drug-likeness (QED) is 0.824. The van der Waals surface area contributed by atoms with Gasteiger partial charge in [-0.2, -0.15) is 0 Å². The van der Waals surface area contributed by atoms with E-state index in [1.54, 1.807) is 0 Å². The molecular formula is C19H27BrN2O2. The number of nitrogens with two attached hydrogens (primary N) is 1. The Labute approximate surface area is 152 Å². The molecule has 1 heterocycles. The molecule has 1 aromatic carbocycles. The second-order valence-corrected chi connectivity index (χ2v) is 8.16. The molecule has 0 radical (unpaired) electrons. The fourth-order valence-electron chi connectivity index (χ4n) is 4.00. The van der Waals surface area contributed by atoms with Crippen molar-refractivity contribution in [2.45, 2.75) is 50.0 Å². The Morgan fingerprint density at radius 3 is 2.62 bits per heavy atom. The first-order valence-electron chi connectivity index (χ1n) is 8.96. The number of hydrogen-bond acceptors (Lipinski definition) is 3. The Kier molecular flexibility index (Phi) is 5.95. The van der Waals surface area contributed by atoms with Crippen LogP contribution in [0.3, 0.4) is 0 Å². The van der Waals surface area contributed by atoms with Crippen LogP contribution in [0.25, 0.3) is 0 Å². The zero-order chi connectivity index (χ0) is 17.0. The van der Waals surface area contributed by atoms with Gasteiger partial charge in [0.1, 0.15) is 0 Å². The molecule has 5 heteroatoms. The van der Waals surface area contributed by atoms with Crippen LogP contribution in [-0.4, -0.2) is 31.7 Å². The largest absolute Gasteiger partial charge is 0.381 e. The number of halogens is 1. The van der Waals surface area contributed by atoms with E-state index < -0.39 is 0 Å². The second kappa shape index (κ2) is 7.98. The third kappa shape index (κ3) is 4.19. The molecular weight excluding hydrogens is 368 g/mol. The Morgan fingerprint density at radius 2 is 1.96 bits per heavy atom. The molecule has 1 aliphatic heterocycles. The van der Waals surface area contributed by atoms with Gasteiger partial charge in [-0.25, -0.2) is 0 Å². The third-order valence-electron chi connectivity index (χ3n) is 5.59. The van der Waals surface area contributed by atoms with E-state index in [1.807, 2.05) is 0 Å². The first-order chi connectivity index (χ1) is 11.6. The summed E-state index contributed by atoms with van der Waals surface area (Å²) in [6.07, 6.45) is 5.78. The molecule has 3 N–H and O–H groups in total. The molecule has 3 rings (SSSR count). The van der Waals surface area contributed by atoms with Gasteiger partial charge in [0, 0.05) is 41.6 Å². The van der Waals surface area contributed by atoms with Crippen molar-refractivity contribution >= 4 is 21.8 Å². The maximum absolute atomic E-state index is 12.6. The summed E-state index contributed by atoms with van der Waals surface area (Å²) in [4.78, 5) is 12.6. The van der Waals surface area contributed by atoms with Gasteiger partial charge in [0.15, 0.2) is 0 Å². The van der Waals surface area contributed by atoms with Gasteiger partial charge < -0.3 is 15.8 Å². The van der Waals surface area contributed by atoms with E-state index in [0.29, 0.717) is 6.54 Å². The first kappa shape index (κ1) is 17.9. The van der Waals surface area contributed by atoms with Gasteiger partial charge in [-0.05, 0) is 49.8 Å². The van der Waals surface area contributed by atoms with Crippen LogP contribution in [0.1, 0.15) is 44.1 Å². The van der Waals surface area contributed by atoms with Crippen molar-refractivity contribution < 1.29 is 9.53 Å². The van der Waals surface area contributed by atoms with Crippen LogP contribution in [0.4, 0.5) is 0 Å². The van der Waals surface area contributed by atoms with E-state index in [4.69, 9.17) is 10.5 Å². The molecule has 0 aromatic heterocycles. The normalized spacial score (nSPS) is 26.8. The highest BCUT2D eigenvalue weighted by atomic mass is 79.9. The van der Waals surface area contributed by atoms with Crippen LogP contribution >= 0.6 is 15.9 Å². The van der Waals surface area contributed by atoms with Gasteiger partial charge in [0.25, 0.3) is 0 Å². The van der Waals surface area contributed by atoms with Gasteiger partial charge in [-0.15, -0.1) is 0 Å². The van der Waals surface area contributed by atoms with Crippen molar-refractivity contribution in [1.82, 2.24) is 5.32 Å². The molecule has 0 bridgehead atoms. The molecule has 24 heavy (non-hydrogen) atoms. The molecule has 1 aromatic rings. The highest BCUT2D eigenvalue weighted by Gasteiger charge is 2.36. The lowest BCUT2D eigenvalue weighted by Gasteiger charge is -2.38. The summed E-state index contributed by atoms with van der Waals surface area (Å²) in [5.41, 5.74) is 7.30. The predicted molar refractivity (Wildman–Crippen MR) is 98.8 cm³/mol. The fraction of sp³-hybridized carbons (Fsp3) is 0.632. The second-order valence-electron chi connectivity index (χ2n) is 7.24. The number of benzene rings is 1. The third-order valence-corrected chi connectivity index (χ3v) is 6.12. The molecule has 2 fully saturated rings. The summed E-state index contributed by atoms with van der Waals surface area (Å²) in [7, 11) is 0.